The Kier molecular flexibility index (Phi) is 6.08. The molecule has 0 spiro atoms. The van der Waals surface area contributed by atoms with Crippen molar-refractivity contribution in [1.29, 1.82) is 0 Å². The molecular weight excluding hydrogens is 464 g/mol. The highest BCUT2D eigenvalue weighted by atomic mass is 35.5. The topological polar surface area (TPSA) is 64.0 Å². The summed E-state index contributed by atoms with van der Waals surface area (Å²) in [6.45, 7) is 1.79. The van der Waals surface area contributed by atoms with E-state index in [4.69, 9.17) is 11.6 Å². The second kappa shape index (κ2) is 8.78. The summed E-state index contributed by atoms with van der Waals surface area (Å²) in [7, 11) is 0. The molecule has 0 aliphatic carbocycles. The number of nitrogens with one attached hydrogen (secondary N) is 1. The third kappa shape index (κ3) is 4.48. The Morgan fingerprint density at radius 2 is 1.97 bits per heavy atom. The average molecular weight is 478 g/mol. The lowest BCUT2D eigenvalue weighted by atomic mass is 10.2. The highest BCUT2D eigenvalue weighted by Crippen LogP contribution is 2.26. The summed E-state index contributed by atoms with van der Waals surface area (Å²) in [5.74, 6) is -2.06. The fraction of sp³-hybridized carbons (Fsp3) is 0.0952. The standard InChI is InChI=1S/C21H14ClF2N3O2S2/c1-11-15(22)3-2-4-16(11)25-18(28)10-31-21-26-17-5-6-30-19(17)20(29)27(21)14-8-12(23)7-13(24)9-14/h2-9H,10H2,1H3,(H,25,28). The molecule has 0 fully saturated rings. The quantitative estimate of drug-likeness (QED) is 0.308. The van der Waals surface area contributed by atoms with E-state index in [1.807, 2.05) is 0 Å². The van der Waals surface area contributed by atoms with Crippen LogP contribution in [0.25, 0.3) is 15.9 Å². The molecule has 4 rings (SSSR count). The SMILES string of the molecule is Cc1c(Cl)cccc1NC(=O)CSc1nc2ccsc2c(=O)n1-c1cc(F)cc(F)c1. The van der Waals surface area contributed by atoms with Gasteiger partial charge in [0.15, 0.2) is 5.16 Å². The van der Waals surface area contributed by atoms with Crippen LogP contribution in [-0.2, 0) is 4.79 Å². The van der Waals surface area contributed by atoms with Crippen LogP contribution in [0.15, 0.2) is 57.8 Å². The first-order valence-electron chi connectivity index (χ1n) is 8.98. The maximum atomic E-state index is 13.8. The van der Waals surface area contributed by atoms with E-state index in [0.29, 0.717) is 20.9 Å². The third-order valence-electron chi connectivity index (χ3n) is 4.43. The van der Waals surface area contributed by atoms with Crippen LogP contribution in [0.4, 0.5) is 14.5 Å². The predicted octanol–water partition coefficient (Wildman–Crippen LogP) is 5.42. The summed E-state index contributed by atoms with van der Waals surface area (Å²) < 4.78 is 29.1. The Labute approximate surface area is 188 Å². The van der Waals surface area contributed by atoms with Crippen LogP contribution in [0.1, 0.15) is 5.56 Å². The number of halogens is 3. The van der Waals surface area contributed by atoms with Crippen molar-refractivity contribution in [3.8, 4) is 5.69 Å². The third-order valence-corrected chi connectivity index (χ3v) is 6.67. The van der Waals surface area contributed by atoms with Crippen LogP contribution >= 0.6 is 34.7 Å². The molecule has 0 saturated carbocycles. The molecule has 2 aromatic heterocycles. The van der Waals surface area contributed by atoms with Crippen LogP contribution in [0, 0.1) is 18.6 Å². The number of rotatable bonds is 5. The number of thioether (sulfide) groups is 1. The van der Waals surface area contributed by atoms with Gasteiger partial charge >= 0.3 is 0 Å². The number of thiophene rings is 1. The molecule has 1 amide bonds. The summed E-state index contributed by atoms with van der Waals surface area (Å²) in [5.41, 5.74) is 1.30. The van der Waals surface area contributed by atoms with Gasteiger partial charge < -0.3 is 5.32 Å². The minimum atomic E-state index is -0.821. The summed E-state index contributed by atoms with van der Waals surface area (Å²) >= 11 is 8.26. The fourth-order valence-corrected chi connectivity index (χ4v) is 4.69. The van der Waals surface area contributed by atoms with Crippen LogP contribution in [0.3, 0.4) is 0 Å². The average Bonchev–Trinajstić information content (AvgIpc) is 3.18. The Morgan fingerprint density at radius 1 is 1.23 bits per heavy atom. The minimum Gasteiger partial charge on any atom is -0.325 e. The monoisotopic (exact) mass is 477 g/mol. The van der Waals surface area contributed by atoms with Gasteiger partial charge in [-0.1, -0.05) is 29.4 Å². The van der Waals surface area contributed by atoms with Gasteiger partial charge in [-0.2, -0.15) is 0 Å². The normalized spacial score (nSPS) is 11.1. The molecule has 0 bridgehead atoms. The lowest BCUT2D eigenvalue weighted by molar-refractivity contribution is -0.113. The molecule has 158 valence electrons. The van der Waals surface area contributed by atoms with Crippen molar-refractivity contribution in [1.82, 2.24) is 9.55 Å². The van der Waals surface area contributed by atoms with Crippen molar-refractivity contribution in [2.45, 2.75) is 12.1 Å². The van der Waals surface area contributed by atoms with E-state index in [9.17, 15) is 18.4 Å². The molecule has 0 unspecified atom stereocenters. The van der Waals surface area contributed by atoms with Crippen molar-refractivity contribution in [2.75, 3.05) is 11.1 Å². The van der Waals surface area contributed by atoms with E-state index in [-0.39, 0.29) is 22.5 Å². The summed E-state index contributed by atoms with van der Waals surface area (Å²) in [6, 6.07) is 9.66. The number of hydrogen-bond donors (Lipinski definition) is 1. The summed E-state index contributed by atoms with van der Waals surface area (Å²) in [4.78, 5) is 29.9. The zero-order valence-corrected chi connectivity index (χ0v) is 18.4. The Morgan fingerprint density at radius 3 is 2.71 bits per heavy atom. The number of anilines is 1. The Balaban J connectivity index is 1.67. The van der Waals surface area contributed by atoms with Gasteiger partial charge in [0.2, 0.25) is 5.91 Å². The largest absolute Gasteiger partial charge is 0.325 e. The molecule has 4 aromatic rings. The van der Waals surface area contributed by atoms with Gasteiger partial charge in [-0.25, -0.2) is 13.8 Å². The van der Waals surface area contributed by atoms with Crippen LogP contribution in [0.2, 0.25) is 5.02 Å². The van der Waals surface area contributed by atoms with Gasteiger partial charge in [-0.3, -0.25) is 14.2 Å². The molecule has 2 heterocycles. The number of nitrogens with zero attached hydrogens (tertiary/aromatic N) is 2. The number of amides is 1. The Hall–Kier alpha value is -2.75. The van der Waals surface area contributed by atoms with E-state index >= 15 is 0 Å². The van der Waals surface area contributed by atoms with E-state index in [2.05, 4.69) is 10.3 Å². The molecule has 10 heteroatoms. The van der Waals surface area contributed by atoms with E-state index in [1.165, 1.54) is 11.3 Å². The number of carbonyl (C=O) groups is 1. The molecule has 1 N–H and O–H groups in total. The van der Waals surface area contributed by atoms with Crippen molar-refractivity contribution in [3.63, 3.8) is 0 Å². The van der Waals surface area contributed by atoms with Gasteiger partial charge in [0.05, 0.1) is 17.0 Å². The van der Waals surface area contributed by atoms with Gasteiger partial charge in [0.25, 0.3) is 5.56 Å². The first-order valence-corrected chi connectivity index (χ1v) is 11.2. The zero-order valence-electron chi connectivity index (χ0n) is 16.0. The highest BCUT2D eigenvalue weighted by Gasteiger charge is 2.17. The minimum absolute atomic E-state index is 0.00102. The molecule has 0 radical (unpaired) electrons. The van der Waals surface area contributed by atoms with E-state index in [1.54, 1.807) is 36.6 Å². The van der Waals surface area contributed by atoms with Gasteiger partial charge in [0, 0.05) is 16.8 Å². The molecule has 0 atom stereocenters. The Bertz CT molecular complexity index is 1350. The zero-order chi connectivity index (χ0) is 22.1. The number of aromatic nitrogens is 2. The van der Waals surface area contributed by atoms with E-state index in [0.717, 1.165) is 40.1 Å². The summed E-state index contributed by atoms with van der Waals surface area (Å²) in [5, 5.41) is 5.15. The number of carbonyl (C=O) groups excluding carboxylic acids is 1. The van der Waals surface area contributed by atoms with Gasteiger partial charge in [-0.05, 0) is 48.2 Å². The maximum absolute atomic E-state index is 13.8. The fourth-order valence-electron chi connectivity index (χ4n) is 2.94. The molecular formula is C21H14ClF2N3O2S2. The van der Waals surface area contributed by atoms with Crippen LogP contribution in [0.5, 0.6) is 0 Å². The second-order valence-corrected chi connectivity index (χ2v) is 8.81. The van der Waals surface area contributed by atoms with E-state index < -0.39 is 17.2 Å². The predicted molar refractivity (Wildman–Crippen MR) is 121 cm³/mol. The molecule has 0 aliphatic heterocycles. The van der Waals surface area contributed by atoms with Gasteiger partial charge in [-0.15, -0.1) is 11.3 Å². The van der Waals surface area contributed by atoms with Crippen LogP contribution < -0.4 is 10.9 Å². The molecule has 31 heavy (non-hydrogen) atoms. The lowest BCUT2D eigenvalue weighted by Gasteiger charge is -2.13. The van der Waals surface area contributed by atoms with Crippen molar-refractivity contribution < 1.29 is 13.6 Å². The first kappa shape index (κ1) is 21.5. The lowest BCUT2D eigenvalue weighted by Crippen LogP contribution is -2.22. The molecule has 2 aromatic carbocycles. The van der Waals surface area contributed by atoms with Gasteiger partial charge in [0.1, 0.15) is 16.3 Å². The smallest absolute Gasteiger partial charge is 0.276 e. The number of benzene rings is 2. The number of fused-ring (bicyclic) bond motifs is 1. The highest BCUT2D eigenvalue weighted by molar-refractivity contribution is 7.99. The summed E-state index contributed by atoms with van der Waals surface area (Å²) in [6.07, 6.45) is 0. The van der Waals surface area contributed by atoms with Crippen molar-refractivity contribution in [3.05, 3.63) is 80.4 Å². The van der Waals surface area contributed by atoms with Crippen LogP contribution in [-0.4, -0.2) is 21.2 Å². The van der Waals surface area contributed by atoms with Crippen molar-refractivity contribution >= 4 is 56.5 Å². The molecule has 0 aliphatic rings. The molecule has 0 saturated heterocycles. The second-order valence-electron chi connectivity index (χ2n) is 6.55. The molecule has 5 nitrogen and oxygen atoms in total. The van der Waals surface area contributed by atoms with Crippen molar-refractivity contribution in [2.24, 2.45) is 0 Å². The maximum Gasteiger partial charge on any atom is 0.276 e. The number of hydrogen-bond acceptors (Lipinski definition) is 5. The first-order chi connectivity index (χ1) is 14.8.